The first kappa shape index (κ1) is 10.1. The Morgan fingerprint density at radius 1 is 1.50 bits per heavy atom. The van der Waals surface area contributed by atoms with Gasteiger partial charge in [-0.05, 0) is 18.1 Å². The average molecular weight is 191 g/mol. The van der Waals surface area contributed by atoms with E-state index in [2.05, 4.69) is 11.8 Å². The summed E-state index contributed by atoms with van der Waals surface area (Å²) in [5, 5.41) is 10.0. The Morgan fingerprint density at radius 2 is 2.21 bits per heavy atom. The van der Waals surface area contributed by atoms with Crippen molar-refractivity contribution >= 4 is 0 Å². The van der Waals surface area contributed by atoms with Gasteiger partial charge in [-0.25, -0.2) is 0 Å². The molecule has 14 heavy (non-hydrogen) atoms. The lowest BCUT2D eigenvalue weighted by molar-refractivity contribution is -0.466. The fourth-order valence-corrected chi connectivity index (χ4v) is 0.947. The van der Waals surface area contributed by atoms with Crippen LogP contribution < -0.4 is 4.74 Å². The molecule has 0 bridgehead atoms. The van der Waals surface area contributed by atoms with Gasteiger partial charge in [-0.15, -0.1) is 0 Å². The molecule has 0 saturated heterocycles. The largest absolute Gasteiger partial charge is 0.495 e. The van der Waals surface area contributed by atoms with E-state index in [-0.39, 0.29) is 6.54 Å². The van der Waals surface area contributed by atoms with E-state index in [1.54, 1.807) is 18.2 Å². The van der Waals surface area contributed by atoms with Crippen LogP contribution in [0.2, 0.25) is 0 Å². The highest BCUT2D eigenvalue weighted by Gasteiger charge is 1.96. The van der Waals surface area contributed by atoms with Gasteiger partial charge in [0.05, 0.1) is 12.7 Å². The molecule has 0 aromatic heterocycles. The molecule has 0 spiro atoms. The van der Waals surface area contributed by atoms with Gasteiger partial charge in [0, 0.05) is 4.92 Å². The molecule has 0 heterocycles. The molecule has 4 heteroatoms. The standard InChI is InChI=1S/C10H9NO3/c1-14-10-7-3-2-5-9(10)6-4-8-11(12)13/h2-3,5,7H,8H2,1H3. The van der Waals surface area contributed by atoms with Crippen LogP contribution in [0.3, 0.4) is 0 Å². The van der Waals surface area contributed by atoms with Crippen LogP contribution in [0.1, 0.15) is 5.56 Å². The highest BCUT2D eigenvalue weighted by atomic mass is 16.6. The van der Waals surface area contributed by atoms with E-state index in [9.17, 15) is 10.1 Å². The van der Waals surface area contributed by atoms with E-state index in [0.717, 1.165) is 0 Å². The summed E-state index contributed by atoms with van der Waals surface area (Å²) >= 11 is 0. The molecule has 72 valence electrons. The fraction of sp³-hybridized carbons (Fsp3) is 0.200. The molecular weight excluding hydrogens is 182 g/mol. The zero-order chi connectivity index (χ0) is 10.4. The first-order chi connectivity index (χ1) is 6.74. The number of ether oxygens (including phenoxy) is 1. The Morgan fingerprint density at radius 3 is 2.86 bits per heavy atom. The molecular formula is C10H9NO3. The fourth-order valence-electron chi connectivity index (χ4n) is 0.947. The van der Waals surface area contributed by atoms with Crippen LogP contribution in [-0.2, 0) is 0 Å². The van der Waals surface area contributed by atoms with E-state index in [1.165, 1.54) is 7.11 Å². The van der Waals surface area contributed by atoms with Gasteiger partial charge in [0.25, 0.3) is 6.54 Å². The van der Waals surface area contributed by atoms with Crippen LogP contribution >= 0.6 is 0 Å². The number of hydrogen-bond donors (Lipinski definition) is 0. The Kier molecular flexibility index (Phi) is 3.50. The summed E-state index contributed by atoms with van der Waals surface area (Å²) < 4.78 is 5.03. The molecule has 0 fully saturated rings. The Bertz CT molecular complexity index is 390. The lowest BCUT2D eigenvalue weighted by Gasteiger charge is -2.00. The van der Waals surface area contributed by atoms with Gasteiger partial charge in [-0.1, -0.05) is 18.1 Å². The zero-order valence-corrected chi connectivity index (χ0v) is 7.69. The van der Waals surface area contributed by atoms with Gasteiger partial charge in [0.1, 0.15) is 5.75 Å². The molecule has 0 saturated carbocycles. The predicted octanol–water partition coefficient (Wildman–Crippen LogP) is 1.32. The molecule has 0 aliphatic rings. The summed E-state index contributed by atoms with van der Waals surface area (Å²) in [7, 11) is 1.54. The second-order valence-corrected chi connectivity index (χ2v) is 2.49. The summed E-state index contributed by atoms with van der Waals surface area (Å²) in [5.74, 6) is 5.75. The average Bonchev–Trinajstić information content (AvgIpc) is 2.18. The minimum Gasteiger partial charge on any atom is -0.495 e. The van der Waals surface area contributed by atoms with Gasteiger partial charge in [0.15, 0.2) is 0 Å². The van der Waals surface area contributed by atoms with Gasteiger partial charge in [-0.3, -0.25) is 10.1 Å². The Hall–Kier alpha value is -2.02. The molecule has 1 aromatic carbocycles. The second kappa shape index (κ2) is 4.87. The molecule has 0 amide bonds. The summed E-state index contributed by atoms with van der Waals surface area (Å²) in [6, 6.07) is 7.14. The quantitative estimate of drug-likeness (QED) is 0.402. The van der Waals surface area contributed by atoms with E-state index in [1.807, 2.05) is 6.07 Å². The maximum Gasteiger partial charge on any atom is 0.263 e. The first-order valence-electron chi connectivity index (χ1n) is 3.97. The third-order valence-corrected chi connectivity index (χ3v) is 1.54. The SMILES string of the molecule is COc1ccccc1C#CC[N+](=O)[O-]. The lowest BCUT2D eigenvalue weighted by atomic mass is 10.2. The molecule has 0 unspecified atom stereocenters. The van der Waals surface area contributed by atoms with Crippen molar-refractivity contribution in [3.63, 3.8) is 0 Å². The van der Waals surface area contributed by atoms with Crippen LogP contribution in [-0.4, -0.2) is 18.6 Å². The molecule has 1 rings (SSSR count). The van der Waals surface area contributed by atoms with Crippen molar-refractivity contribution in [3.8, 4) is 17.6 Å². The molecule has 0 N–H and O–H groups in total. The van der Waals surface area contributed by atoms with Gasteiger partial charge < -0.3 is 4.74 Å². The molecule has 1 aromatic rings. The van der Waals surface area contributed by atoms with Gasteiger partial charge >= 0.3 is 0 Å². The smallest absolute Gasteiger partial charge is 0.263 e. The van der Waals surface area contributed by atoms with Crippen molar-refractivity contribution in [2.45, 2.75) is 0 Å². The summed E-state index contributed by atoms with van der Waals surface area (Å²) in [6.45, 7) is -0.349. The minimum atomic E-state index is -0.470. The number of para-hydroxylation sites is 1. The van der Waals surface area contributed by atoms with Gasteiger partial charge in [0.2, 0.25) is 0 Å². The van der Waals surface area contributed by atoms with Crippen molar-refractivity contribution in [1.82, 2.24) is 0 Å². The van der Waals surface area contributed by atoms with E-state index in [0.29, 0.717) is 11.3 Å². The molecule has 0 aliphatic carbocycles. The van der Waals surface area contributed by atoms with Crippen LogP contribution in [0, 0.1) is 22.0 Å². The topological polar surface area (TPSA) is 52.4 Å². The number of hydrogen-bond acceptors (Lipinski definition) is 3. The Balaban J connectivity index is 2.83. The number of methoxy groups -OCH3 is 1. The molecule has 0 radical (unpaired) electrons. The first-order valence-corrected chi connectivity index (χ1v) is 3.97. The number of benzene rings is 1. The van der Waals surface area contributed by atoms with Crippen LogP contribution in [0.25, 0.3) is 0 Å². The van der Waals surface area contributed by atoms with Crippen LogP contribution in [0.15, 0.2) is 24.3 Å². The van der Waals surface area contributed by atoms with Gasteiger partial charge in [-0.2, -0.15) is 0 Å². The van der Waals surface area contributed by atoms with Crippen LogP contribution in [0.5, 0.6) is 5.75 Å². The van der Waals surface area contributed by atoms with Crippen molar-refractivity contribution in [3.05, 3.63) is 39.9 Å². The van der Waals surface area contributed by atoms with E-state index < -0.39 is 4.92 Å². The summed E-state index contributed by atoms with van der Waals surface area (Å²) in [6.07, 6.45) is 0. The molecule has 0 atom stereocenters. The Labute approximate surface area is 81.7 Å². The monoisotopic (exact) mass is 191 g/mol. The third kappa shape index (κ3) is 2.79. The van der Waals surface area contributed by atoms with Crippen molar-refractivity contribution in [2.75, 3.05) is 13.7 Å². The van der Waals surface area contributed by atoms with Crippen LogP contribution in [0.4, 0.5) is 0 Å². The summed E-state index contributed by atoms with van der Waals surface area (Å²) in [5.41, 5.74) is 0.664. The van der Waals surface area contributed by atoms with Crippen molar-refractivity contribution in [1.29, 1.82) is 0 Å². The number of nitro groups is 1. The van der Waals surface area contributed by atoms with Crippen molar-refractivity contribution in [2.24, 2.45) is 0 Å². The minimum absolute atomic E-state index is 0.349. The third-order valence-electron chi connectivity index (χ3n) is 1.54. The highest BCUT2D eigenvalue weighted by molar-refractivity contribution is 5.45. The van der Waals surface area contributed by atoms with Crippen molar-refractivity contribution < 1.29 is 9.66 Å². The molecule has 4 nitrogen and oxygen atoms in total. The predicted molar refractivity (Wildman–Crippen MR) is 51.7 cm³/mol. The lowest BCUT2D eigenvalue weighted by Crippen LogP contribution is -1.96. The highest BCUT2D eigenvalue weighted by Crippen LogP contribution is 2.15. The van der Waals surface area contributed by atoms with E-state index >= 15 is 0 Å². The number of nitrogens with zero attached hydrogens (tertiary/aromatic N) is 1. The summed E-state index contributed by atoms with van der Waals surface area (Å²) in [4.78, 5) is 9.55. The maximum atomic E-state index is 10.0. The number of rotatable bonds is 2. The second-order valence-electron chi connectivity index (χ2n) is 2.49. The molecule has 0 aliphatic heterocycles. The van der Waals surface area contributed by atoms with E-state index in [4.69, 9.17) is 4.74 Å². The normalized spacial score (nSPS) is 8.64. The maximum absolute atomic E-state index is 10.0. The zero-order valence-electron chi connectivity index (χ0n) is 7.69.